The lowest BCUT2D eigenvalue weighted by atomic mass is 10.2. The number of nitrogens with zero attached hydrogens (tertiary/aromatic N) is 1. The summed E-state index contributed by atoms with van der Waals surface area (Å²) in [5.74, 6) is -0.629. The van der Waals surface area contributed by atoms with E-state index in [0.717, 1.165) is 16.6 Å². The highest BCUT2D eigenvalue weighted by molar-refractivity contribution is 7.93. The van der Waals surface area contributed by atoms with Gasteiger partial charge in [0.2, 0.25) is 0 Å². The minimum Gasteiger partial charge on any atom is -0.408 e. The highest BCUT2D eigenvalue weighted by Gasteiger charge is 2.18. The van der Waals surface area contributed by atoms with E-state index in [9.17, 15) is 13.2 Å². The Morgan fingerprint density at radius 2 is 2.08 bits per heavy atom. The standard InChI is InChI=1S/C16H13N3O4S2/c1-2-9-3-5-12-14(7-9)24-15(17-12)19-25(21,22)10-4-6-11-13(8-10)23-16(20)18-11/h3-8H,2H2,1H3,(H,17,19)(H,18,20). The number of anilines is 1. The molecule has 2 aromatic carbocycles. The Hall–Kier alpha value is -2.65. The van der Waals surface area contributed by atoms with E-state index in [2.05, 4.69) is 21.6 Å². The Balaban J connectivity index is 1.71. The van der Waals surface area contributed by atoms with Crippen molar-refractivity contribution in [1.29, 1.82) is 0 Å². The molecule has 0 saturated heterocycles. The van der Waals surface area contributed by atoms with Crippen LogP contribution >= 0.6 is 11.3 Å². The number of sulfonamides is 1. The molecular formula is C16H13N3O4S2. The largest absolute Gasteiger partial charge is 0.417 e. The van der Waals surface area contributed by atoms with Crippen LogP contribution in [0.1, 0.15) is 12.5 Å². The van der Waals surface area contributed by atoms with Gasteiger partial charge in [0.15, 0.2) is 10.7 Å². The topological polar surface area (TPSA) is 105 Å². The molecule has 9 heteroatoms. The lowest BCUT2D eigenvalue weighted by Crippen LogP contribution is -2.12. The number of nitrogens with one attached hydrogen (secondary N) is 2. The van der Waals surface area contributed by atoms with Gasteiger partial charge in [-0.25, -0.2) is 18.2 Å². The Morgan fingerprint density at radius 3 is 2.88 bits per heavy atom. The molecule has 7 nitrogen and oxygen atoms in total. The summed E-state index contributed by atoms with van der Waals surface area (Å²) in [6, 6.07) is 10.0. The quantitative estimate of drug-likeness (QED) is 0.570. The smallest absolute Gasteiger partial charge is 0.408 e. The molecule has 0 spiro atoms. The van der Waals surface area contributed by atoms with Crippen LogP contribution in [0.4, 0.5) is 5.13 Å². The normalized spacial score (nSPS) is 12.0. The molecule has 2 N–H and O–H groups in total. The minimum atomic E-state index is -3.84. The molecule has 25 heavy (non-hydrogen) atoms. The van der Waals surface area contributed by atoms with E-state index >= 15 is 0 Å². The second kappa shape index (κ2) is 5.71. The van der Waals surface area contributed by atoms with Crippen molar-refractivity contribution < 1.29 is 12.8 Å². The van der Waals surface area contributed by atoms with Crippen molar-refractivity contribution in [3.8, 4) is 0 Å². The van der Waals surface area contributed by atoms with Crippen LogP contribution in [0.5, 0.6) is 0 Å². The van der Waals surface area contributed by atoms with Crippen molar-refractivity contribution in [2.75, 3.05) is 4.72 Å². The number of fused-ring (bicyclic) bond motifs is 2. The zero-order chi connectivity index (χ0) is 17.6. The lowest BCUT2D eigenvalue weighted by Gasteiger charge is -2.04. The third kappa shape index (κ3) is 2.92. The first-order chi connectivity index (χ1) is 11.9. The fraction of sp³-hybridized carbons (Fsp3) is 0.125. The van der Waals surface area contributed by atoms with Crippen molar-refractivity contribution in [2.45, 2.75) is 18.2 Å². The van der Waals surface area contributed by atoms with Crippen molar-refractivity contribution in [3.63, 3.8) is 0 Å². The molecule has 4 aromatic rings. The summed E-state index contributed by atoms with van der Waals surface area (Å²) in [5, 5.41) is 0.291. The summed E-state index contributed by atoms with van der Waals surface area (Å²) in [7, 11) is -3.84. The predicted octanol–water partition coefficient (Wildman–Crippen LogP) is 3.09. The van der Waals surface area contributed by atoms with Crippen molar-refractivity contribution in [2.24, 2.45) is 0 Å². The molecule has 4 rings (SSSR count). The first-order valence-electron chi connectivity index (χ1n) is 7.50. The van der Waals surface area contributed by atoms with E-state index in [1.807, 2.05) is 18.2 Å². The van der Waals surface area contributed by atoms with E-state index in [1.165, 1.54) is 35.1 Å². The summed E-state index contributed by atoms with van der Waals surface area (Å²) in [6.45, 7) is 2.06. The van der Waals surface area contributed by atoms with E-state index in [-0.39, 0.29) is 10.5 Å². The Morgan fingerprint density at radius 1 is 1.24 bits per heavy atom. The first kappa shape index (κ1) is 15.9. The van der Waals surface area contributed by atoms with Gasteiger partial charge in [-0.15, -0.1) is 0 Å². The summed E-state index contributed by atoms with van der Waals surface area (Å²) in [6.07, 6.45) is 0.900. The van der Waals surface area contributed by atoms with Gasteiger partial charge in [-0.3, -0.25) is 9.71 Å². The second-order valence-corrected chi connectivity index (χ2v) is 8.17. The molecular weight excluding hydrogens is 362 g/mol. The minimum absolute atomic E-state index is 0.00347. The fourth-order valence-electron chi connectivity index (χ4n) is 2.50. The van der Waals surface area contributed by atoms with E-state index < -0.39 is 15.8 Å². The maximum Gasteiger partial charge on any atom is 0.417 e. The van der Waals surface area contributed by atoms with Crippen LogP contribution in [0.3, 0.4) is 0 Å². The fourth-order valence-corrected chi connectivity index (χ4v) is 4.68. The summed E-state index contributed by atoms with van der Waals surface area (Å²) >= 11 is 1.28. The molecule has 0 atom stereocenters. The van der Waals surface area contributed by atoms with Crippen LogP contribution in [0.15, 0.2) is 50.5 Å². The number of aromatic nitrogens is 2. The zero-order valence-electron chi connectivity index (χ0n) is 13.1. The first-order valence-corrected chi connectivity index (χ1v) is 9.80. The SMILES string of the molecule is CCc1ccc2nc(NS(=O)(=O)c3ccc4[nH]c(=O)oc4c3)sc2c1. The van der Waals surface area contributed by atoms with Crippen molar-refractivity contribution in [1.82, 2.24) is 9.97 Å². The number of aromatic amines is 1. The Bertz CT molecular complexity index is 1250. The summed E-state index contributed by atoms with van der Waals surface area (Å²) in [4.78, 5) is 18.0. The average molecular weight is 375 g/mol. The Kier molecular flexibility index (Phi) is 3.62. The number of hydrogen-bond donors (Lipinski definition) is 2. The van der Waals surface area contributed by atoms with E-state index in [0.29, 0.717) is 10.6 Å². The third-order valence-electron chi connectivity index (χ3n) is 3.79. The van der Waals surface area contributed by atoms with Crippen LogP contribution in [-0.2, 0) is 16.4 Å². The van der Waals surface area contributed by atoms with E-state index in [4.69, 9.17) is 4.42 Å². The molecule has 0 bridgehead atoms. The molecule has 0 saturated carbocycles. The van der Waals surface area contributed by atoms with Crippen LogP contribution in [0.2, 0.25) is 0 Å². The van der Waals surface area contributed by atoms with Crippen LogP contribution in [0.25, 0.3) is 21.3 Å². The maximum absolute atomic E-state index is 12.6. The van der Waals surface area contributed by atoms with Gasteiger partial charge in [-0.2, -0.15) is 0 Å². The van der Waals surface area contributed by atoms with Gasteiger partial charge in [0.25, 0.3) is 10.0 Å². The molecule has 0 aliphatic carbocycles. The summed E-state index contributed by atoms with van der Waals surface area (Å²) in [5.41, 5.74) is 2.53. The molecule has 2 heterocycles. The second-order valence-electron chi connectivity index (χ2n) is 5.45. The molecule has 128 valence electrons. The van der Waals surface area contributed by atoms with Gasteiger partial charge in [-0.1, -0.05) is 24.3 Å². The molecule has 0 amide bonds. The number of aryl methyl sites for hydroxylation is 1. The van der Waals surface area contributed by atoms with Gasteiger partial charge in [0.1, 0.15) is 0 Å². The molecule has 0 aliphatic rings. The Labute approximate surface area is 146 Å². The average Bonchev–Trinajstić information content (AvgIpc) is 3.13. The van der Waals surface area contributed by atoms with Gasteiger partial charge >= 0.3 is 5.76 Å². The maximum atomic E-state index is 12.6. The molecule has 0 fully saturated rings. The number of benzene rings is 2. The number of hydrogen-bond acceptors (Lipinski definition) is 6. The number of H-pyrrole nitrogens is 1. The molecule has 0 unspecified atom stereocenters. The van der Waals surface area contributed by atoms with Crippen LogP contribution in [0, 0.1) is 0 Å². The van der Waals surface area contributed by atoms with Crippen LogP contribution in [-0.4, -0.2) is 18.4 Å². The van der Waals surface area contributed by atoms with Crippen molar-refractivity contribution >= 4 is 47.8 Å². The highest BCUT2D eigenvalue weighted by atomic mass is 32.2. The number of rotatable bonds is 4. The van der Waals surface area contributed by atoms with Gasteiger partial charge in [0.05, 0.1) is 20.6 Å². The van der Waals surface area contributed by atoms with Gasteiger partial charge in [0, 0.05) is 6.07 Å². The highest BCUT2D eigenvalue weighted by Crippen LogP contribution is 2.29. The van der Waals surface area contributed by atoms with Crippen molar-refractivity contribution in [3.05, 3.63) is 52.5 Å². The van der Waals surface area contributed by atoms with E-state index in [1.54, 1.807) is 0 Å². The summed E-state index contributed by atoms with van der Waals surface area (Å²) < 4.78 is 33.5. The van der Waals surface area contributed by atoms with Gasteiger partial charge in [-0.05, 0) is 36.2 Å². The molecule has 0 radical (unpaired) electrons. The monoisotopic (exact) mass is 375 g/mol. The number of thiazole rings is 1. The van der Waals surface area contributed by atoms with Crippen LogP contribution < -0.4 is 10.5 Å². The predicted molar refractivity (Wildman–Crippen MR) is 96.6 cm³/mol. The van der Waals surface area contributed by atoms with Gasteiger partial charge < -0.3 is 4.42 Å². The number of oxazole rings is 1. The molecule has 2 aromatic heterocycles. The lowest BCUT2D eigenvalue weighted by molar-refractivity contribution is 0.554. The third-order valence-corrected chi connectivity index (χ3v) is 6.18. The zero-order valence-corrected chi connectivity index (χ0v) is 14.7. The molecule has 0 aliphatic heterocycles.